The minimum absolute atomic E-state index is 0.348. The van der Waals surface area contributed by atoms with Gasteiger partial charge in [-0.1, -0.05) is 42.2 Å². The van der Waals surface area contributed by atoms with Crippen molar-refractivity contribution in [2.24, 2.45) is 11.8 Å². The molecule has 3 rings (SSSR count). The Hall–Kier alpha value is -1.26. The van der Waals surface area contributed by atoms with Gasteiger partial charge in [0.2, 0.25) is 0 Å². The lowest BCUT2D eigenvalue weighted by molar-refractivity contribution is 0.0755. The second-order valence-electron chi connectivity index (χ2n) is 4.95. The second-order valence-corrected chi connectivity index (χ2v) is 4.95. The maximum Gasteiger partial charge on any atom is 0.153 e. The van der Waals surface area contributed by atoms with Crippen LogP contribution in [0.25, 0.3) is 0 Å². The Morgan fingerprint density at radius 2 is 1.75 bits per heavy atom. The third kappa shape index (κ3) is 1.86. The highest BCUT2D eigenvalue weighted by atomic mass is 16.3. The van der Waals surface area contributed by atoms with Crippen LogP contribution in [0.1, 0.15) is 31.2 Å². The van der Waals surface area contributed by atoms with E-state index in [1.165, 1.54) is 12.8 Å². The van der Waals surface area contributed by atoms with E-state index in [1.54, 1.807) is 0 Å². The molecule has 1 atom stereocenters. The van der Waals surface area contributed by atoms with Crippen molar-refractivity contribution in [3.05, 3.63) is 35.9 Å². The third-order valence-corrected chi connectivity index (χ3v) is 3.43. The van der Waals surface area contributed by atoms with Crippen LogP contribution in [0.4, 0.5) is 0 Å². The normalized spacial score (nSPS) is 23.1. The van der Waals surface area contributed by atoms with Crippen LogP contribution >= 0.6 is 0 Å². The second kappa shape index (κ2) is 3.64. The maximum absolute atomic E-state index is 10.7. The van der Waals surface area contributed by atoms with Crippen LogP contribution in [-0.2, 0) is 5.60 Å². The fourth-order valence-corrected chi connectivity index (χ4v) is 2.04. The standard InChI is InChI=1S/C15H16O/c16-15(14-8-9-14,11-10-12-6-7-12)13-4-2-1-3-5-13/h1-5,12,14,16H,6-9H2. The number of benzene rings is 1. The molecule has 0 aliphatic heterocycles. The summed E-state index contributed by atoms with van der Waals surface area (Å²) in [6.45, 7) is 0. The van der Waals surface area contributed by atoms with Gasteiger partial charge in [0.25, 0.3) is 0 Å². The van der Waals surface area contributed by atoms with Crippen molar-refractivity contribution in [1.29, 1.82) is 0 Å². The van der Waals surface area contributed by atoms with Crippen LogP contribution in [0.2, 0.25) is 0 Å². The molecule has 2 aliphatic carbocycles. The van der Waals surface area contributed by atoms with Gasteiger partial charge in [-0.25, -0.2) is 0 Å². The first-order valence-electron chi connectivity index (χ1n) is 6.09. The van der Waals surface area contributed by atoms with E-state index in [9.17, 15) is 5.11 Å². The minimum atomic E-state index is -0.885. The summed E-state index contributed by atoms with van der Waals surface area (Å²) in [5, 5.41) is 10.7. The SMILES string of the molecule is OC(C#CC1CC1)(c1ccccc1)C1CC1. The monoisotopic (exact) mass is 212 g/mol. The highest BCUT2D eigenvalue weighted by molar-refractivity contribution is 5.35. The first-order chi connectivity index (χ1) is 7.79. The summed E-state index contributed by atoms with van der Waals surface area (Å²) in [5.74, 6) is 7.26. The molecule has 1 nitrogen and oxygen atoms in total. The summed E-state index contributed by atoms with van der Waals surface area (Å²) in [7, 11) is 0. The molecule has 0 aromatic heterocycles. The van der Waals surface area contributed by atoms with Crippen LogP contribution in [-0.4, -0.2) is 5.11 Å². The lowest BCUT2D eigenvalue weighted by atomic mass is 9.89. The van der Waals surface area contributed by atoms with Gasteiger partial charge < -0.3 is 5.11 Å². The summed E-state index contributed by atoms with van der Waals surface area (Å²) in [6.07, 6.45) is 4.63. The van der Waals surface area contributed by atoms with Gasteiger partial charge in [-0.3, -0.25) is 0 Å². The van der Waals surface area contributed by atoms with Gasteiger partial charge >= 0.3 is 0 Å². The molecule has 0 saturated heterocycles. The Morgan fingerprint density at radius 1 is 1.06 bits per heavy atom. The molecule has 1 aromatic carbocycles. The van der Waals surface area contributed by atoms with E-state index >= 15 is 0 Å². The predicted molar refractivity (Wildman–Crippen MR) is 63.6 cm³/mol. The number of hydrogen-bond acceptors (Lipinski definition) is 1. The molecule has 0 bridgehead atoms. The van der Waals surface area contributed by atoms with E-state index in [-0.39, 0.29) is 0 Å². The molecule has 0 spiro atoms. The van der Waals surface area contributed by atoms with Crippen LogP contribution < -0.4 is 0 Å². The molecule has 2 fully saturated rings. The average molecular weight is 212 g/mol. The lowest BCUT2D eigenvalue weighted by Gasteiger charge is -2.22. The molecular formula is C15H16O. The van der Waals surface area contributed by atoms with Crippen LogP contribution in [0.5, 0.6) is 0 Å². The Balaban J connectivity index is 1.93. The summed E-state index contributed by atoms with van der Waals surface area (Å²) >= 11 is 0. The summed E-state index contributed by atoms with van der Waals surface area (Å²) in [5.41, 5.74) is 0.0785. The number of rotatable bonds is 2. The predicted octanol–water partition coefficient (Wildman–Crippen LogP) is 2.70. The van der Waals surface area contributed by atoms with Crippen molar-refractivity contribution in [2.45, 2.75) is 31.3 Å². The summed E-state index contributed by atoms with van der Waals surface area (Å²) < 4.78 is 0. The lowest BCUT2D eigenvalue weighted by Crippen LogP contribution is -2.26. The molecule has 16 heavy (non-hydrogen) atoms. The van der Waals surface area contributed by atoms with E-state index in [1.807, 2.05) is 30.3 Å². The highest BCUT2D eigenvalue weighted by Crippen LogP contribution is 2.45. The first-order valence-corrected chi connectivity index (χ1v) is 6.09. The van der Waals surface area contributed by atoms with Crippen molar-refractivity contribution < 1.29 is 5.11 Å². The zero-order chi connectivity index (χ0) is 11.0. The molecule has 0 radical (unpaired) electrons. The van der Waals surface area contributed by atoms with Crippen LogP contribution in [0.15, 0.2) is 30.3 Å². The Kier molecular flexibility index (Phi) is 2.26. The van der Waals surface area contributed by atoms with E-state index in [0.717, 1.165) is 18.4 Å². The topological polar surface area (TPSA) is 20.2 Å². The molecule has 2 aliphatic rings. The van der Waals surface area contributed by atoms with Gasteiger partial charge in [0.1, 0.15) is 0 Å². The number of aliphatic hydroxyl groups is 1. The quantitative estimate of drug-likeness (QED) is 0.747. The zero-order valence-corrected chi connectivity index (χ0v) is 9.32. The van der Waals surface area contributed by atoms with E-state index in [2.05, 4.69) is 11.8 Å². The first kappa shape index (κ1) is 9.93. The third-order valence-electron chi connectivity index (χ3n) is 3.43. The molecule has 1 N–H and O–H groups in total. The average Bonchev–Trinajstić information content (AvgIpc) is 3.20. The summed E-state index contributed by atoms with van der Waals surface area (Å²) in [6, 6.07) is 9.90. The van der Waals surface area contributed by atoms with Crippen molar-refractivity contribution >= 4 is 0 Å². The van der Waals surface area contributed by atoms with Gasteiger partial charge in [-0.05, 0) is 31.2 Å². The Labute approximate surface area is 96.5 Å². The fourth-order valence-electron chi connectivity index (χ4n) is 2.04. The van der Waals surface area contributed by atoms with E-state index in [0.29, 0.717) is 11.8 Å². The summed E-state index contributed by atoms with van der Waals surface area (Å²) in [4.78, 5) is 0. The molecule has 1 aromatic rings. The van der Waals surface area contributed by atoms with Crippen molar-refractivity contribution in [1.82, 2.24) is 0 Å². The molecule has 1 unspecified atom stereocenters. The zero-order valence-electron chi connectivity index (χ0n) is 9.32. The van der Waals surface area contributed by atoms with Gasteiger partial charge in [0, 0.05) is 11.8 Å². The largest absolute Gasteiger partial charge is 0.373 e. The Morgan fingerprint density at radius 3 is 2.31 bits per heavy atom. The number of hydrogen-bond donors (Lipinski definition) is 1. The van der Waals surface area contributed by atoms with Crippen molar-refractivity contribution in [3.63, 3.8) is 0 Å². The molecule has 2 saturated carbocycles. The maximum atomic E-state index is 10.7. The minimum Gasteiger partial charge on any atom is -0.373 e. The van der Waals surface area contributed by atoms with Gasteiger partial charge in [-0.15, -0.1) is 0 Å². The van der Waals surface area contributed by atoms with Gasteiger partial charge in [0.15, 0.2) is 5.60 Å². The van der Waals surface area contributed by atoms with Gasteiger partial charge in [-0.2, -0.15) is 0 Å². The molecule has 82 valence electrons. The Bertz CT molecular complexity index is 431. The van der Waals surface area contributed by atoms with Crippen molar-refractivity contribution in [3.8, 4) is 11.8 Å². The molecule has 0 heterocycles. The van der Waals surface area contributed by atoms with Crippen LogP contribution in [0, 0.1) is 23.7 Å². The molecule has 1 heteroatoms. The molecule has 0 amide bonds. The smallest absolute Gasteiger partial charge is 0.153 e. The highest BCUT2D eigenvalue weighted by Gasteiger charge is 2.44. The van der Waals surface area contributed by atoms with E-state index in [4.69, 9.17) is 0 Å². The van der Waals surface area contributed by atoms with Crippen LogP contribution in [0.3, 0.4) is 0 Å². The van der Waals surface area contributed by atoms with Gasteiger partial charge in [0.05, 0.1) is 0 Å². The van der Waals surface area contributed by atoms with Crippen molar-refractivity contribution in [2.75, 3.05) is 0 Å². The van der Waals surface area contributed by atoms with E-state index < -0.39 is 5.60 Å². The molecular weight excluding hydrogens is 196 g/mol. The fraction of sp³-hybridized carbons (Fsp3) is 0.467.